The van der Waals surface area contributed by atoms with E-state index < -0.39 is 0 Å². The smallest absolute Gasteiger partial charge is 0.0705 e. The van der Waals surface area contributed by atoms with E-state index in [0.717, 1.165) is 17.7 Å². The first kappa shape index (κ1) is 10.7. The molecule has 0 amide bonds. The van der Waals surface area contributed by atoms with Gasteiger partial charge < -0.3 is 5.32 Å². The van der Waals surface area contributed by atoms with Crippen LogP contribution in [0.15, 0.2) is 61.1 Å². The van der Waals surface area contributed by atoms with Gasteiger partial charge in [0.05, 0.1) is 11.2 Å². The number of fused-ring (bicyclic) bond motifs is 1. The predicted molar refractivity (Wildman–Crippen MR) is 73.3 cm³/mol. The molecule has 3 rings (SSSR count). The zero-order valence-corrected chi connectivity index (χ0v) is 9.88. The molecule has 3 aromatic rings. The standard InChI is InChI=1S/C15H13N3/c1-2-6-15-14(5-1)12(7-9-17-15)10-18-13-4-3-8-16-11-13/h1-9,11,18H,10H2. The highest BCUT2D eigenvalue weighted by Gasteiger charge is 2.00. The fourth-order valence-corrected chi connectivity index (χ4v) is 1.97. The lowest BCUT2D eigenvalue weighted by atomic mass is 10.1. The maximum Gasteiger partial charge on any atom is 0.0705 e. The van der Waals surface area contributed by atoms with Gasteiger partial charge in [-0.15, -0.1) is 0 Å². The van der Waals surface area contributed by atoms with E-state index >= 15 is 0 Å². The Bertz CT molecular complexity index is 645. The Hall–Kier alpha value is -2.42. The van der Waals surface area contributed by atoms with Crippen LogP contribution >= 0.6 is 0 Å². The molecule has 2 heterocycles. The van der Waals surface area contributed by atoms with E-state index in [-0.39, 0.29) is 0 Å². The van der Waals surface area contributed by atoms with Crippen LogP contribution in [0.2, 0.25) is 0 Å². The third-order valence-corrected chi connectivity index (χ3v) is 2.88. The van der Waals surface area contributed by atoms with Crippen LogP contribution in [0.3, 0.4) is 0 Å². The molecule has 3 heteroatoms. The summed E-state index contributed by atoms with van der Waals surface area (Å²) in [6, 6.07) is 14.2. The average Bonchev–Trinajstić information content (AvgIpc) is 2.46. The van der Waals surface area contributed by atoms with Crippen LogP contribution in [0.5, 0.6) is 0 Å². The molecule has 0 aliphatic carbocycles. The fourth-order valence-electron chi connectivity index (χ4n) is 1.97. The average molecular weight is 235 g/mol. The summed E-state index contributed by atoms with van der Waals surface area (Å²) in [5.41, 5.74) is 3.30. The topological polar surface area (TPSA) is 37.8 Å². The van der Waals surface area contributed by atoms with E-state index in [4.69, 9.17) is 0 Å². The van der Waals surface area contributed by atoms with Gasteiger partial charge in [-0.25, -0.2) is 0 Å². The second-order valence-electron chi connectivity index (χ2n) is 4.08. The number of rotatable bonds is 3. The quantitative estimate of drug-likeness (QED) is 0.757. The molecule has 0 fully saturated rings. The highest BCUT2D eigenvalue weighted by atomic mass is 14.9. The second kappa shape index (κ2) is 4.84. The molecule has 0 unspecified atom stereocenters. The van der Waals surface area contributed by atoms with Gasteiger partial charge in [-0.1, -0.05) is 18.2 Å². The maximum atomic E-state index is 4.36. The van der Waals surface area contributed by atoms with E-state index in [1.54, 1.807) is 6.20 Å². The molecule has 88 valence electrons. The maximum absolute atomic E-state index is 4.36. The number of para-hydroxylation sites is 1. The first-order chi connectivity index (χ1) is 8.93. The van der Waals surface area contributed by atoms with E-state index in [1.807, 2.05) is 48.8 Å². The summed E-state index contributed by atoms with van der Waals surface area (Å²) in [7, 11) is 0. The van der Waals surface area contributed by atoms with Crippen molar-refractivity contribution in [2.45, 2.75) is 6.54 Å². The molecule has 0 aliphatic rings. The van der Waals surface area contributed by atoms with Crippen molar-refractivity contribution in [2.24, 2.45) is 0 Å². The van der Waals surface area contributed by atoms with Gasteiger partial charge in [-0.05, 0) is 29.8 Å². The van der Waals surface area contributed by atoms with Crippen molar-refractivity contribution in [1.29, 1.82) is 0 Å². The number of benzene rings is 1. The van der Waals surface area contributed by atoms with Crippen LogP contribution in [-0.2, 0) is 6.54 Å². The molecule has 0 saturated heterocycles. The summed E-state index contributed by atoms with van der Waals surface area (Å²) in [5, 5.41) is 4.55. The van der Waals surface area contributed by atoms with E-state index in [0.29, 0.717) is 0 Å². The predicted octanol–water partition coefficient (Wildman–Crippen LogP) is 3.24. The van der Waals surface area contributed by atoms with Crippen molar-refractivity contribution in [3.05, 3.63) is 66.6 Å². The second-order valence-corrected chi connectivity index (χ2v) is 4.08. The lowest BCUT2D eigenvalue weighted by Crippen LogP contribution is -2.00. The Kier molecular flexibility index (Phi) is 2.88. The number of hydrogen-bond donors (Lipinski definition) is 1. The normalized spacial score (nSPS) is 10.4. The summed E-state index contributed by atoms with van der Waals surface area (Å²) >= 11 is 0. The summed E-state index contributed by atoms with van der Waals surface area (Å²) in [5.74, 6) is 0. The molecule has 0 atom stereocenters. The molecule has 0 bridgehead atoms. The van der Waals surface area contributed by atoms with Crippen molar-refractivity contribution < 1.29 is 0 Å². The third-order valence-electron chi connectivity index (χ3n) is 2.88. The Morgan fingerprint density at radius 1 is 0.944 bits per heavy atom. The zero-order chi connectivity index (χ0) is 12.2. The monoisotopic (exact) mass is 235 g/mol. The number of aromatic nitrogens is 2. The Labute approximate surface area is 106 Å². The number of nitrogens with one attached hydrogen (secondary N) is 1. The third kappa shape index (κ3) is 2.15. The van der Waals surface area contributed by atoms with Gasteiger partial charge in [-0.3, -0.25) is 9.97 Å². The fraction of sp³-hybridized carbons (Fsp3) is 0.0667. The van der Waals surface area contributed by atoms with Crippen molar-refractivity contribution in [1.82, 2.24) is 9.97 Å². The highest BCUT2D eigenvalue weighted by Crippen LogP contribution is 2.17. The number of pyridine rings is 2. The Balaban J connectivity index is 1.87. The minimum atomic E-state index is 0.773. The summed E-state index contributed by atoms with van der Waals surface area (Å²) in [4.78, 5) is 8.44. The van der Waals surface area contributed by atoms with Gasteiger partial charge in [0.1, 0.15) is 0 Å². The molecule has 0 saturated carbocycles. The minimum Gasteiger partial charge on any atom is -0.380 e. The van der Waals surface area contributed by atoms with Gasteiger partial charge in [0.15, 0.2) is 0 Å². The van der Waals surface area contributed by atoms with Crippen LogP contribution in [-0.4, -0.2) is 9.97 Å². The molecule has 0 radical (unpaired) electrons. The molecule has 1 N–H and O–H groups in total. The van der Waals surface area contributed by atoms with Crippen LogP contribution in [0.4, 0.5) is 5.69 Å². The lowest BCUT2D eigenvalue weighted by molar-refractivity contribution is 1.14. The van der Waals surface area contributed by atoms with Crippen molar-refractivity contribution in [3.8, 4) is 0 Å². The van der Waals surface area contributed by atoms with Crippen LogP contribution < -0.4 is 5.32 Å². The van der Waals surface area contributed by atoms with Crippen LogP contribution in [0.1, 0.15) is 5.56 Å². The Morgan fingerprint density at radius 3 is 2.78 bits per heavy atom. The largest absolute Gasteiger partial charge is 0.380 e. The molecule has 3 nitrogen and oxygen atoms in total. The van der Waals surface area contributed by atoms with Crippen LogP contribution in [0, 0.1) is 0 Å². The number of anilines is 1. The van der Waals surface area contributed by atoms with Gasteiger partial charge in [0, 0.05) is 30.5 Å². The van der Waals surface area contributed by atoms with Gasteiger partial charge in [0.2, 0.25) is 0 Å². The molecule has 2 aromatic heterocycles. The van der Waals surface area contributed by atoms with Gasteiger partial charge >= 0.3 is 0 Å². The van der Waals surface area contributed by atoms with Gasteiger partial charge in [0.25, 0.3) is 0 Å². The Morgan fingerprint density at radius 2 is 1.89 bits per heavy atom. The lowest BCUT2D eigenvalue weighted by Gasteiger charge is -2.08. The summed E-state index contributed by atoms with van der Waals surface area (Å²) in [6.07, 6.45) is 5.44. The molecular formula is C15H13N3. The van der Waals surface area contributed by atoms with Crippen LogP contribution in [0.25, 0.3) is 10.9 Å². The SMILES string of the molecule is c1cncc(NCc2ccnc3ccccc23)c1. The first-order valence-corrected chi connectivity index (χ1v) is 5.90. The molecule has 18 heavy (non-hydrogen) atoms. The van der Waals surface area contributed by atoms with Crippen molar-refractivity contribution in [2.75, 3.05) is 5.32 Å². The summed E-state index contributed by atoms with van der Waals surface area (Å²) < 4.78 is 0. The highest BCUT2D eigenvalue weighted by molar-refractivity contribution is 5.82. The zero-order valence-electron chi connectivity index (χ0n) is 9.88. The first-order valence-electron chi connectivity index (χ1n) is 5.90. The van der Waals surface area contributed by atoms with E-state index in [1.165, 1.54) is 10.9 Å². The van der Waals surface area contributed by atoms with E-state index in [2.05, 4.69) is 21.4 Å². The molecule has 1 aromatic carbocycles. The van der Waals surface area contributed by atoms with Crippen molar-refractivity contribution in [3.63, 3.8) is 0 Å². The van der Waals surface area contributed by atoms with Gasteiger partial charge in [-0.2, -0.15) is 0 Å². The number of nitrogens with zero attached hydrogens (tertiary/aromatic N) is 2. The minimum absolute atomic E-state index is 0.773. The molecular weight excluding hydrogens is 222 g/mol. The number of hydrogen-bond acceptors (Lipinski definition) is 3. The van der Waals surface area contributed by atoms with Crippen molar-refractivity contribution >= 4 is 16.6 Å². The van der Waals surface area contributed by atoms with E-state index in [9.17, 15) is 0 Å². The molecule has 0 spiro atoms. The molecule has 0 aliphatic heterocycles. The summed E-state index contributed by atoms with van der Waals surface area (Å²) in [6.45, 7) is 0.773.